The van der Waals surface area contributed by atoms with Gasteiger partial charge in [0.05, 0.1) is 0 Å². The van der Waals surface area contributed by atoms with E-state index in [2.05, 4.69) is 4.72 Å². The molecule has 0 bridgehead atoms. The van der Waals surface area contributed by atoms with Gasteiger partial charge in [-0.3, -0.25) is 0 Å². The molecular weight excluding hydrogens is 136 g/mol. The lowest BCUT2D eigenvalue weighted by Crippen LogP contribution is -2.38. The molecular formula is C5H16N2OS. The van der Waals surface area contributed by atoms with Gasteiger partial charge < -0.3 is 10.5 Å². The molecule has 0 fully saturated rings. The number of carbonyl (C=O) groups excluding carboxylic acids is 1. The van der Waals surface area contributed by atoms with Crippen molar-refractivity contribution in [3.8, 4) is 0 Å². The molecule has 0 spiro atoms. The highest BCUT2D eigenvalue weighted by atomic mass is 32.3. The third kappa shape index (κ3) is 7.62. The van der Waals surface area contributed by atoms with Crippen LogP contribution in [0.4, 0.5) is 4.79 Å². The van der Waals surface area contributed by atoms with Crippen LogP contribution in [0.15, 0.2) is 0 Å². The monoisotopic (exact) mass is 152 g/mol. The summed E-state index contributed by atoms with van der Waals surface area (Å²) in [6.07, 6.45) is 8.10. The Morgan fingerprint density at radius 2 is 1.67 bits per heavy atom. The minimum Gasteiger partial charge on any atom is -0.351 e. The van der Waals surface area contributed by atoms with Crippen LogP contribution in [0.3, 0.4) is 0 Å². The second-order valence-electron chi connectivity index (χ2n) is 4.05. The zero-order valence-electron chi connectivity index (χ0n) is 6.43. The van der Waals surface area contributed by atoms with Gasteiger partial charge in [-0.05, 0) is 25.0 Å². The van der Waals surface area contributed by atoms with Crippen molar-refractivity contribution in [1.29, 1.82) is 0 Å². The van der Waals surface area contributed by atoms with Crippen LogP contribution in [0.5, 0.6) is 0 Å². The van der Waals surface area contributed by atoms with Crippen molar-refractivity contribution in [1.82, 2.24) is 4.72 Å². The van der Waals surface area contributed by atoms with E-state index >= 15 is 0 Å². The molecule has 0 saturated carbocycles. The molecule has 58 valence electrons. The van der Waals surface area contributed by atoms with E-state index in [1.54, 1.807) is 0 Å². The van der Waals surface area contributed by atoms with Gasteiger partial charge in [-0.25, -0.2) is 14.1 Å². The molecule has 4 heteroatoms. The second-order valence-corrected chi connectivity index (χ2v) is 11.4. The van der Waals surface area contributed by atoms with Crippen LogP contribution in [0.2, 0.25) is 0 Å². The Morgan fingerprint density at radius 1 is 1.33 bits per heavy atom. The number of hydrogen-bond acceptors (Lipinski definition) is 1. The van der Waals surface area contributed by atoms with Crippen LogP contribution in [0.25, 0.3) is 0 Å². The van der Waals surface area contributed by atoms with Gasteiger partial charge in [-0.15, -0.1) is 0 Å². The first kappa shape index (κ1) is 8.62. The summed E-state index contributed by atoms with van der Waals surface area (Å²) in [6.45, 7) is 0. The Morgan fingerprint density at radius 3 is 1.67 bits per heavy atom. The fourth-order valence-corrected chi connectivity index (χ4v) is 1.32. The second kappa shape index (κ2) is 1.80. The van der Waals surface area contributed by atoms with E-state index in [0.29, 0.717) is 0 Å². The van der Waals surface area contributed by atoms with Crippen molar-refractivity contribution in [2.45, 2.75) is 0 Å². The van der Waals surface area contributed by atoms with Gasteiger partial charge >= 0.3 is 6.03 Å². The minimum absolute atomic E-state index is 0.428. The highest BCUT2D eigenvalue weighted by Gasteiger charge is 2.17. The number of hydrogen-bond donors (Lipinski definition) is 3. The van der Waals surface area contributed by atoms with E-state index in [1.807, 2.05) is 25.0 Å². The molecule has 0 radical (unpaired) electrons. The number of nitrogens with two attached hydrogens (primary N) is 1. The number of carbonyl (C=O) groups is 1. The first-order valence-electron chi connectivity index (χ1n) is 2.76. The Balaban J connectivity index is 4.05. The van der Waals surface area contributed by atoms with Crippen molar-refractivity contribution in [2.75, 3.05) is 25.0 Å². The van der Waals surface area contributed by atoms with E-state index in [-0.39, 0.29) is 0 Å². The Labute approximate surface area is 56.4 Å². The molecule has 0 aliphatic carbocycles. The van der Waals surface area contributed by atoms with Gasteiger partial charge in [0, 0.05) is 0 Å². The molecule has 9 heavy (non-hydrogen) atoms. The van der Waals surface area contributed by atoms with Crippen LogP contribution >= 0.6 is 9.35 Å². The van der Waals surface area contributed by atoms with E-state index in [1.165, 1.54) is 0 Å². The molecule has 0 atom stereocenters. The van der Waals surface area contributed by atoms with Crippen LogP contribution < -0.4 is 10.5 Å². The lowest BCUT2D eigenvalue weighted by atomic mass is 11.2. The summed E-state index contributed by atoms with van der Waals surface area (Å²) >= 11 is 0. The fourth-order valence-electron chi connectivity index (χ4n) is 0.441. The van der Waals surface area contributed by atoms with Crippen molar-refractivity contribution in [2.24, 2.45) is 5.73 Å². The Hall–Kier alpha value is -0.380. The van der Waals surface area contributed by atoms with Crippen LogP contribution in [0, 0.1) is 0 Å². The van der Waals surface area contributed by atoms with Crippen LogP contribution in [0.1, 0.15) is 0 Å². The zero-order chi connectivity index (χ0) is 7.73. The molecule has 3 nitrogen and oxygen atoms in total. The van der Waals surface area contributed by atoms with E-state index in [4.69, 9.17) is 5.73 Å². The molecule has 0 saturated heterocycles. The summed E-state index contributed by atoms with van der Waals surface area (Å²) in [5.41, 5.74) is 4.95. The van der Waals surface area contributed by atoms with Crippen molar-refractivity contribution in [3.05, 3.63) is 0 Å². The standard InChI is InChI=1S/C5H16N2OS/c1-9(2,3,4)7-5(6)8/h9H,1-4H3,(H3,6,7,8). The molecule has 0 aromatic carbocycles. The van der Waals surface area contributed by atoms with Gasteiger partial charge in [0.2, 0.25) is 0 Å². The number of nitrogens with one attached hydrogen (secondary N) is 1. The van der Waals surface area contributed by atoms with E-state index in [9.17, 15) is 4.79 Å². The summed E-state index contributed by atoms with van der Waals surface area (Å²) in [4.78, 5) is 10.4. The van der Waals surface area contributed by atoms with Gasteiger partial charge in [-0.2, -0.15) is 0 Å². The van der Waals surface area contributed by atoms with Gasteiger partial charge in [-0.1, -0.05) is 0 Å². The highest BCUT2D eigenvalue weighted by molar-refractivity contribution is 8.46. The third-order valence-corrected chi connectivity index (χ3v) is 1.67. The normalized spacial score (nSPS) is 15.8. The lowest BCUT2D eigenvalue weighted by Gasteiger charge is -2.47. The van der Waals surface area contributed by atoms with Gasteiger partial charge in [0.25, 0.3) is 0 Å². The molecule has 0 heterocycles. The summed E-state index contributed by atoms with van der Waals surface area (Å²) in [6, 6.07) is -0.428. The van der Waals surface area contributed by atoms with Gasteiger partial charge in [0.15, 0.2) is 0 Å². The fraction of sp³-hybridized carbons (Fsp3) is 0.800. The molecule has 0 rings (SSSR count). The van der Waals surface area contributed by atoms with Crippen molar-refractivity contribution < 1.29 is 4.79 Å². The zero-order valence-corrected chi connectivity index (χ0v) is 7.33. The van der Waals surface area contributed by atoms with Crippen molar-refractivity contribution >= 4 is 15.4 Å². The summed E-state index contributed by atoms with van der Waals surface area (Å²) in [5, 5.41) is 0. The molecule has 3 N–H and O–H groups in total. The molecule has 2 amide bonds. The quantitative estimate of drug-likeness (QED) is 0.461. The average Bonchev–Trinajstić information content (AvgIpc) is 1.16. The summed E-state index contributed by atoms with van der Waals surface area (Å²) in [5.74, 6) is 0. The molecule has 0 aromatic heterocycles. The number of rotatable bonds is 1. The summed E-state index contributed by atoms with van der Waals surface area (Å²) in [7, 11) is -1.90. The molecule has 0 aromatic rings. The number of amides is 2. The smallest absolute Gasteiger partial charge is 0.319 e. The predicted octanol–water partition coefficient (Wildman–Crippen LogP) is 0.162. The lowest BCUT2D eigenvalue weighted by molar-refractivity contribution is 0.254. The van der Waals surface area contributed by atoms with E-state index < -0.39 is 15.4 Å². The highest BCUT2D eigenvalue weighted by Crippen LogP contribution is 2.50. The number of urea groups is 1. The maximum absolute atomic E-state index is 10.4. The minimum atomic E-state index is -1.90. The Kier molecular flexibility index (Phi) is 1.72. The van der Waals surface area contributed by atoms with Crippen LogP contribution in [-0.2, 0) is 0 Å². The van der Waals surface area contributed by atoms with Gasteiger partial charge in [0.1, 0.15) is 0 Å². The molecule has 0 aliphatic heterocycles. The maximum atomic E-state index is 10.4. The van der Waals surface area contributed by atoms with Crippen LogP contribution in [-0.4, -0.2) is 31.1 Å². The largest absolute Gasteiger partial charge is 0.351 e. The first-order valence-corrected chi connectivity index (χ1v) is 6.78. The topological polar surface area (TPSA) is 55.1 Å². The predicted molar refractivity (Wildman–Crippen MR) is 45.4 cm³/mol. The average molecular weight is 152 g/mol. The first-order chi connectivity index (χ1) is 3.67. The Bertz CT molecular complexity index is 126. The molecule has 0 aliphatic rings. The SMILES string of the molecule is C[SH](C)(C)(C)NC(N)=O. The maximum Gasteiger partial charge on any atom is 0.319 e. The third-order valence-electron chi connectivity index (χ3n) is 0.557. The van der Waals surface area contributed by atoms with E-state index in [0.717, 1.165) is 0 Å². The summed E-state index contributed by atoms with van der Waals surface area (Å²) < 4.78 is 2.73. The number of primary amides is 1. The number of thiol groups is 1. The van der Waals surface area contributed by atoms with Crippen molar-refractivity contribution in [3.63, 3.8) is 0 Å². The molecule has 0 unspecified atom stereocenters.